The molecule has 3 rings (SSSR count). The zero-order valence-corrected chi connectivity index (χ0v) is 19.1. The summed E-state index contributed by atoms with van der Waals surface area (Å²) in [6.45, 7) is 5.92. The Bertz CT molecular complexity index is 894. The number of benzene rings is 1. The Hall–Kier alpha value is -2.64. The summed E-state index contributed by atoms with van der Waals surface area (Å²) in [5.41, 5.74) is 0.503. The van der Waals surface area contributed by atoms with Gasteiger partial charge in [-0.15, -0.1) is 0 Å². The molecule has 1 fully saturated rings. The van der Waals surface area contributed by atoms with Crippen LogP contribution >= 0.6 is 0 Å². The molecule has 0 spiro atoms. The van der Waals surface area contributed by atoms with Crippen LogP contribution in [0.2, 0.25) is 0 Å². The van der Waals surface area contributed by atoms with E-state index in [0.29, 0.717) is 23.7 Å². The first-order valence-corrected chi connectivity index (χ1v) is 10.9. The van der Waals surface area contributed by atoms with E-state index in [9.17, 15) is 14.7 Å². The maximum atomic E-state index is 12.4. The second-order valence-corrected chi connectivity index (χ2v) is 8.94. The quantitative estimate of drug-likeness (QED) is 0.527. The van der Waals surface area contributed by atoms with Gasteiger partial charge in [-0.2, -0.15) is 0 Å². The van der Waals surface area contributed by atoms with Crippen LogP contribution in [0.4, 0.5) is 0 Å². The van der Waals surface area contributed by atoms with Crippen LogP contribution in [0.5, 0.6) is 11.5 Å². The van der Waals surface area contributed by atoms with Gasteiger partial charge in [0.1, 0.15) is 12.2 Å². The van der Waals surface area contributed by atoms with Crippen molar-refractivity contribution < 1.29 is 33.6 Å². The zero-order valence-electron chi connectivity index (χ0n) is 19.1. The average Bonchev–Trinajstić information content (AvgIpc) is 2.83. The number of allylic oxidation sites excluding steroid dienone is 1. The third-order valence-corrected chi connectivity index (χ3v) is 5.83. The predicted octanol–water partition coefficient (Wildman–Crippen LogP) is 3.83. The van der Waals surface area contributed by atoms with Crippen LogP contribution in [0.1, 0.15) is 52.0 Å². The van der Waals surface area contributed by atoms with Crippen molar-refractivity contribution in [2.45, 2.75) is 65.0 Å². The van der Waals surface area contributed by atoms with E-state index in [1.54, 1.807) is 52.2 Å². The molecule has 1 aliphatic carbocycles. The molecular formula is C25H32O7. The van der Waals surface area contributed by atoms with Gasteiger partial charge in [0, 0.05) is 24.3 Å². The van der Waals surface area contributed by atoms with E-state index < -0.39 is 23.6 Å². The standard InChI is InChI=1S/C25H32O7/c1-16-13-21(24(28)25(2,3)15-18(16)26)31-22(27)11-9-17-8-10-19(20(14-17)29-4)32-23-7-5-6-12-30-23/h8-11,13-14,21,23-24,28H,5-7,12,15H2,1-4H3. The molecule has 3 atom stereocenters. The summed E-state index contributed by atoms with van der Waals surface area (Å²) in [5, 5.41) is 10.6. The molecule has 1 heterocycles. The third-order valence-electron chi connectivity index (χ3n) is 5.83. The van der Waals surface area contributed by atoms with Crippen molar-refractivity contribution in [3.05, 3.63) is 41.5 Å². The van der Waals surface area contributed by atoms with E-state index in [-0.39, 0.29) is 18.5 Å². The minimum atomic E-state index is -0.986. The van der Waals surface area contributed by atoms with Crippen molar-refractivity contribution >= 4 is 17.8 Å². The van der Waals surface area contributed by atoms with E-state index in [1.807, 2.05) is 0 Å². The van der Waals surface area contributed by atoms with Crippen LogP contribution in [0.15, 0.2) is 35.9 Å². The van der Waals surface area contributed by atoms with Crippen LogP contribution < -0.4 is 9.47 Å². The molecule has 3 unspecified atom stereocenters. The van der Waals surface area contributed by atoms with Gasteiger partial charge in [-0.1, -0.05) is 19.9 Å². The number of carbonyl (C=O) groups excluding carboxylic acids is 2. The molecule has 2 aliphatic rings. The van der Waals surface area contributed by atoms with Gasteiger partial charge in [-0.05, 0) is 55.2 Å². The summed E-state index contributed by atoms with van der Waals surface area (Å²) in [7, 11) is 1.55. The topological polar surface area (TPSA) is 91.3 Å². The van der Waals surface area contributed by atoms with Crippen molar-refractivity contribution in [1.82, 2.24) is 0 Å². The minimum Gasteiger partial charge on any atom is -0.493 e. The third kappa shape index (κ3) is 5.99. The van der Waals surface area contributed by atoms with E-state index in [4.69, 9.17) is 18.9 Å². The number of hydrogen-bond acceptors (Lipinski definition) is 7. The van der Waals surface area contributed by atoms with Gasteiger partial charge < -0.3 is 24.1 Å². The Morgan fingerprint density at radius 2 is 2.03 bits per heavy atom. The molecule has 0 amide bonds. The van der Waals surface area contributed by atoms with Crippen molar-refractivity contribution in [1.29, 1.82) is 0 Å². The van der Waals surface area contributed by atoms with Gasteiger partial charge in [0.05, 0.1) is 13.7 Å². The summed E-state index contributed by atoms with van der Waals surface area (Å²) in [5.74, 6) is 0.440. The molecule has 7 nitrogen and oxygen atoms in total. The maximum Gasteiger partial charge on any atom is 0.331 e. The number of esters is 1. The molecule has 1 saturated heterocycles. The Balaban J connectivity index is 1.67. The highest BCUT2D eigenvalue weighted by Gasteiger charge is 2.39. The first-order valence-electron chi connectivity index (χ1n) is 10.9. The molecule has 7 heteroatoms. The average molecular weight is 445 g/mol. The fraction of sp³-hybridized carbons (Fsp3) is 0.520. The molecule has 0 aromatic heterocycles. The number of rotatable bonds is 6. The zero-order chi connectivity index (χ0) is 23.3. The van der Waals surface area contributed by atoms with Crippen molar-refractivity contribution in [2.75, 3.05) is 13.7 Å². The molecule has 32 heavy (non-hydrogen) atoms. The van der Waals surface area contributed by atoms with Crippen LogP contribution in [0, 0.1) is 5.41 Å². The van der Waals surface area contributed by atoms with Gasteiger partial charge in [0.25, 0.3) is 0 Å². The smallest absolute Gasteiger partial charge is 0.331 e. The minimum absolute atomic E-state index is 0.0591. The largest absolute Gasteiger partial charge is 0.493 e. The summed E-state index contributed by atoms with van der Waals surface area (Å²) in [6.07, 6.45) is 5.37. The number of methoxy groups -OCH3 is 1. The Morgan fingerprint density at radius 1 is 1.25 bits per heavy atom. The van der Waals surface area contributed by atoms with Crippen LogP contribution in [-0.4, -0.2) is 49.1 Å². The molecule has 0 bridgehead atoms. The van der Waals surface area contributed by atoms with Gasteiger partial charge in [-0.3, -0.25) is 4.79 Å². The van der Waals surface area contributed by atoms with Gasteiger partial charge in [-0.25, -0.2) is 4.79 Å². The number of aliphatic hydroxyl groups is 1. The van der Waals surface area contributed by atoms with Crippen LogP contribution in [0.25, 0.3) is 6.08 Å². The fourth-order valence-corrected chi connectivity index (χ4v) is 3.80. The summed E-state index contributed by atoms with van der Waals surface area (Å²) >= 11 is 0. The van der Waals surface area contributed by atoms with Crippen LogP contribution in [0.3, 0.4) is 0 Å². The summed E-state index contributed by atoms with van der Waals surface area (Å²) in [6, 6.07) is 5.34. The molecule has 1 aliphatic heterocycles. The molecule has 0 radical (unpaired) electrons. The fourth-order valence-electron chi connectivity index (χ4n) is 3.80. The van der Waals surface area contributed by atoms with E-state index in [1.165, 1.54) is 12.2 Å². The van der Waals surface area contributed by atoms with E-state index in [0.717, 1.165) is 24.8 Å². The molecule has 1 N–H and O–H groups in total. The Kier molecular flexibility index (Phi) is 7.74. The van der Waals surface area contributed by atoms with Crippen molar-refractivity contribution in [3.63, 3.8) is 0 Å². The first kappa shape index (κ1) is 24.0. The van der Waals surface area contributed by atoms with E-state index in [2.05, 4.69) is 0 Å². The summed E-state index contributed by atoms with van der Waals surface area (Å²) in [4.78, 5) is 24.6. The normalized spacial score (nSPS) is 25.7. The lowest BCUT2D eigenvalue weighted by Gasteiger charge is -2.31. The Labute approximate surface area is 189 Å². The molecule has 1 aromatic carbocycles. The molecule has 1 aromatic rings. The van der Waals surface area contributed by atoms with E-state index >= 15 is 0 Å². The highest BCUT2D eigenvalue weighted by atomic mass is 16.7. The number of aliphatic hydroxyl groups excluding tert-OH is 1. The van der Waals surface area contributed by atoms with Gasteiger partial charge in [0.15, 0.2) is 23.6 Å². The second kappa shape index (κ2) is 10.3. The lowest BCUT2D eigenvalue weighted by atomic mass is 9.80. The number of Topliss-reactive ketones (excluding diaryl/α,β-unsaturated/α-hetero) is 1. The highest BCUT2D eigenvalue weighted by Crippen LogP contribution is 2.34. The van der Waals surface area contributed by atoms with Gasteiger partial charge in [0.2, 0.25) is 0 Å². The molecule has 0 saturated carbocycles. The Morgan fingerprint density at radius 3 is 2.72 bits per heavy atom. The monoisotopic (exact) mass is 444 g/mol. The predicted molar refractivity (Wildman–Crippen MR) is 119 cm³/mol. The number of ketones is 1. The van der Waals surface area contributed by atoms with Crippen molar-refractivity contribution in [3.8, 4) is 11.5 Å². The first-order chi connectivity index (χ1) is 15.2. The maximum absolute atomic E-state index is 12.4. The second-order valence-electron chi connectivity index (χ2n) is 8.94. The van der Waals surface area contributed by atoms with Gasteiger partial charge >= 0.3 is 5.97 Å². The van der Waals surface area contributed by atoms with Crippen molar-refractivity contribution in [2.24, 2.45) is 5.41 Å². The molecular weight excluding hydrogens is 412 g/mol. The number of carbonyl (C=O) groups is 2. The highest BCUT2D eigenvalue weighted by molar-refractivity contribution is 5.96. The lowest BCUT2D eigenvalue weighted by molar-refractivity contribution is -0.149. The SMILES string of the molecule is COc1cc(C=CC(=O)OC2C=C(C)C(=O)CC(C)(C)C2O)ccc1OC1CCCCO1. The molecule has 174 valence electrons. The number of ether oxygens (including phenoxy) is 4. The summed E-state index contributed by atoms with van der Waals surface area (Å²) < 4.78 is 22.4. The lowest BCUT2D eigenvalue weighted by Crippen LogP contribution is -2.40. The van der Waals surface area contributed by atoms with Crippen LogP contribution in [-0.2, 0) is 19.1 Å². The number of hydrogen-bond donors (Lipinski definition) is 1.